The van der Waals surface area contributed by atoms with Crippen LogP contribution in [-0.2, 0) is 5.41 Å². The van der Waals surface area contributed by atoms with E-state index in [-0.39, 0.29) is 0 Å². The van der Waals surface area contributed by atoms with Crippen LogP contribution in [0.4, 0.5) is 0 Å². The number of nitrogens with zero attached hydrogens (tertiary/aromatic N) is 4. The number of furan rings is 2. The first kappa shape index (κ1) is 45.2. The molecular formula is C75H52N4O2. The summed E-state index contributed by atoms with van der Waals surface area (Å²) in [4.78, 5) is 16.7. The number of hydrogen-bond acceptors (Lipinski definition) is 5. The van der Waals surface area contributed by atoms with Crippen LogP contribution in [0, 0.1) is 17.8 Å². The molecule has 15 aromatic rings. The molecule has 4 saturated carbocycles. The van der Waals surface area contributed by atoms with Crippen molar-refractivity contribution < 1.29 is 8.83 Å². The van der Waals surface area contributed by atoms with Crippen LogP contribution in [-0.4, -0.2) is 19.5 Å². The number of aromatic nitrogens is 4. The summed E-state index contributed by atoms with van der Waals surface area (Å²) in [6.45, 7) is 0. The Morgan fingerprint density at radius 1 is 0.370 bits per heavy atom. The monoisotopic (exact) mass is 1040 g/mol. The van der Waals surface area contributed by atoms with E-state index in [1.165, 1.54) is 54.9 Å². The molecule has 4 aromatic heterocycles. The number of benzene rings is 11. The van der Waals surface area contributed by atoms with Gasteiger partial charge in [0, 0.05) is 54.5 Å². The van der Waals surface area contributed by atoms with E-state index in [2.05, 4.69) is 217 Å². The summed E-state index contributed by atoms with van der Waals surface area (Å²) in [5.41, 5.74) is 15.3. The van der Waals surface area contributed by atoms with Gasteiger partial charge in [-0.3, -0.25) is 0 Å². The average molecular weight is 1040 g/mol. The van der Waals surface area contributed by atoms with Gasteiger partial charge in [-0.1, -0.05) is 164 Å². The SMILES string of the molecule is c1ccc(-n2c3ccccc3c3cccc(-c4cc(-c5ccc(C67CC8CC(CC(C8)C6)C7)cc5)cc(-c5nc(-c6cccc7c6oc6ccccc67)nc(-c6cc7ccccc7c7c6oc6c8ccccc8ccc67)n5)c4)c32)cc1. The average Bonchev–Trinajstić information content (AvgIpc) is 4.40. The lowest BCUT2D eigenvalue weighted by molar-refractivity contribution is -0.00518. The second kappa shape index (κ2) is 17.2. The zero-order valence-electron chi connectivity index (χ0n) is 44.4. The maximum Gasteiger partial charge on any atom is 0.167 e. The van der Waals surface area contributed by atoms with E-state index < -0.39 is 0 Å². The Labute approximate surface area is 467 Å². The van der Waals surface area contributed by atoms with E-state index in [0.717, 1.165) is 139 Å². The van der Waals surface area contributed by atoms with E-state index in [1.54, 1.807) is 0 Å². The van der Waals surface area contributed by atoms with Crippen molar-refractivity contribution in [1.29, 1.82) is 0 Å². The van der Waals surface area contributed by atoms with Crippen molar-refractivity contribution in [1.82, 2.24) is 19.5 Å². The first-order valence-corrected chi connectivity index (χ1v) is 28.8. The Balaban J connectivity index is 0.909. The summed E-state index contributed by atoms with van der Waals surface area (Å²) in [5.74, 6) is 4.19. The summed E-state index contributed by atoms with van der Waals surface area (Å²) >= 11 is 0. The van der Waals surface area contributed by atoms with Crippen molar-refractivity contribution in [2.24, 2.45) is 17.8 Å². The molecule has 0 radical (unpaired) electrons. The Kier molecular flexibility index (Phi) is 9.59. The fraction of sp³-hybridized carbons (Fsp3) is 0.133. The predicted molar refractivity (Wildman–Crippen MR) is 331 cm³/mol. The molecule has 6 heteroatoms. The molecule has 0 aliphatic heterocycles. The first-order valence-electron chi connectivity index (χ1n) is 28.8. The smallest absolute Gasteiger partial charge is 0.167 e. The van der Waals surface area contributed by atoms with Gasteiger partial charge in [-0.25, -0.2) is 15.0 Å². The maximum absolute atomic E-state index is 7.19. The molecule has 4 heterocycles. The number of fused-ring (bicyclic) bond motifs is 13. The number of para-hydroxylation sites is 5. The van der Waals surface area contributed by atoms with E-state index >= 15 is 0 Å². The van der Waals surface area contributed by atoms with E-state index in [9.17, 15) is 0 Å². The van der Waals surface area contributed by atoms with Crippen molar-refractivity contribution in [3.63, 3.8) is 0 Å². The lowest BCUT2D eigenvalue weighted by Gasteiger charge is -2.57. The molecule has 0 atom stereocenters. The summed E-state index contributed by atoms with van der Waals surface area (Å²) in [6, 6.07) is 81.1. The van der Waals surface area contributed by atoms with Gasteiger partial charge >= 0.3 is 0 Å². The summed E-state index contributed by atoms with van der Waals surface area (Å²) in [5, 5.41) is 10.9. The normalized spacial score (nSPS) is 18.7. The van der Waals surface area contributed by atoms with Crippen molar-refractivity contribution in [2.45, 2.75) is 43.9 Å². The molecular weight excluding hydrogens is 989 g/mol. The highest BCUT2D eigenvalue weighted by Crippen LogP contribution is 2.61. The van der Waals surface area contributed by atoms with Crippen LogP contribution < -0.4 is 0 Å². The molecule has 0 amide bonds. The standard InChI is InChI=1S/C75H52N4O2/c1-2-16-54(17-3-1)79-65-26-10-8-20-58(65)60-23-12-22-56(68(60)79)51-37-50(47-28-31-53(32-29-47)75-41-44-34-45(42-75)36-46(35-44)43-75)38-52(39-51)72-76-73(63-25-13-24-61-59-21-9-11-27-66(59)80-70(61)63)78-74(77-72)64-40-49-15-5-6-18-55(49)67-62-33-30-48-14-4-7-19-57(48)69(62)81-71(64)67/h1-33,37-40,44-46H,34-36,41-43H2. The molecule has 81 heavy (non-hydrogen) atoms. The summed E-state index contributed by atoms with van der Waals surface area (Å²) in [6.07, 6.45) is 8.28. The van der Waals surface area contributed by atoms with Crippen LogP contribution in [0.5, 0.6) is 0 Å². The Morgan fingerprint density at radius 2 is 0.988 bits per heavy atom. The minimum Gasteiger partial charge on any atom is -0.455 e. The van der Waals surface area contributed by atoms with Gasteiger partial charge in [0.25, 0.3) is 0 Å². The molecule has 4 bridgehead atoms. The zero-order valence-corrected chi connectivity index (χ0v) is 44.4. The van der Waals surface area contributed by atoms with Crippen LogP contribution in [0.25, 0.3) is 149 Å². The molecule has 11 aromatic carbocycles. The van der Waals surface area contributed by atoms with Crippen molar-refractivity contribution in [3.05, 3.63) is 230 Å². The van der Waals surface area contributed by atoms with Crippen LogP contribution in [0.3, 0.4) is 0 Å². The molecule has 4 fully saturated rings. The van der Waals surface area contributed by atoms with Gasteiger partial charge in [0.2, 0.25) is 0 Å². The summed E-state index contributed by atoms with van der Waals surface area (Å²) in [7, 11) is 0. The minimum absolute atomic E-state index is 0.294. The van der Waals surface area contributed by atoms with Crippen LogP contribution in [0.15, 0.2) is 233 Å². The third kappa shape index (κ3) is 6.89. The molecule has 0 saturated heterocycles. The zero-order chi connectivity index (χ0) is 52.9. The Bertz CT molecular complexity index is 5070. The summed E-state index contributed by atoms with van der Waals surface area (Å²) < 4.78 is 16.4. The third-order valence-electron chi connectivity index (χ3n) is 19.0. The number of rotatable bonds is 7. The lowest BCUT2D eigenvalue weighted by atomic mass is 9.48. The second-order valence-corrected chi connectivity index (χ2v) is 23.7. The van der Waals surface area contributed by atoms with E-state index in [4.69, 9.17) is 23.8 Å². The van der Waals surface area contributed by atoms with Gasteiger partial charge in [0.15, 0.2) is 17.5 Å². The van der Waals surface area contributed by atoms with Gasteiger partial charge in [0.05, 0.1) is 22.2 Å². The number of hydrogen-bond donors (Lipinski definition) is 0. The third-order valence-corrected chi connectivity index (χ3v) is 19.0. The van der Waals surface area contributed by atoms with Gasteiger partial charge in [-0.05, 0) is 161 Å². The van der Waals surface area contributed by atoms with Crippen molar-refractivity contribution in [3.8, 4) is 62.1 Å². The van der Waals surface area contributed by atoms with E-state index in [0.29, 0.717) is 22.9 Å². The molecule has 0 N–H and O–H groups in total. The minimum atomic E-state index is 0.294. The first-order chi connectivity index (χ1) is 40.0. The quantitative estimate of drug-likeness (QED) is 0.159. The Morgan fingerprint density at radius 3 is 1.79 bits per heavy atom. The Hall–Kier alpha value is -9.65. The van der Waals surface area contributed by atoms with Gasteiger partial charge < -0.3 is 13.4 Å². The highest BCUT2D eigenvalue weighted by molar-refractivity contribution is 6.26. The molecule has 6 nitrogen and oxygen atoms in total. The van der Waals surface area contributed by atoms with Crippen molar-refractivity contribution in [2.75, 3.05) is 0 Å². The topological polar surface area (TPSA) is 69.9 Å². The highest BCUT2D eigenvalue weighted by atomic mass is 16.3. The fourth-order valence-corrected chi connectivity index (χ4v) is 15.8. The fourth-order valence-electron chi connectivity index (χ4n) is 15.8. The van der Waals surface area contributed by atoms with Gasteiger partial charge in [-0.15, -0.1) is 0 Å². The van der Waals surface area contributed by atoms with Crippen LogP contribution in [0.2, 0.25) is 0 Å². The lowest BCUT2D eigenvalue weighted by Crippen LogP contribution is -2.48. The van der Waals surface area contributed by atoms with E-state index in [1.807, 2.05) is 12.1 Å². The molecule has 4 aliphatic carbocycles. The molecule has 19 rings (SSSR count). The van der Waals surface area contributed by atoms with Gasteiger partial charge in [-0.2, -0.15) is 0 Å². The largest absolute Gasteiger partial charge is 0.455 e. The maximum atomic E-state index is 7.19. The predicted octanol–water partition coefficient (Wildman–Crippen LogP) is 19.9. The van der Waals surface area contributed by atoms with Crippen LogP contribution >= 0.6 is 0 Å². The molecule has 384 valence electrons. The van der Waals surface area contributed by atoms with Crippen LogP contribution in [0.1, 0.15) is 44.1 Å². The second-order valence-electron chi connectivity index (χ2n) is 23.7. The molecule has 0 unspecified atom stereocenters. The van der Waals surface area contributed by atoms with Gasteiger partial charge in [0.1, 0.15) is 22.3 Å². The van der Waals surface area contributed by atoms with Crippen molar-refractivity contribution >= 4 is 87.2 Å². The molecule has 4 aliphatic rings. The molecule has 0 spiro atoms. The highest BCUT2D eigenvalue weighted by Gasteiger charge is 2.51.